The molecule has 0 saturated heterocycles. The zero-order chi connectivity index (χ0) is 27.1. The van der Waals surface area contributed by atoms with Crippen LogP contribution in [0.1, 0.15) is 28.8 Å². The summed E-state index contributed by atoms with van der Waals surface area (Å²) in [6.45, 7) is 3.05. The molecular weight excluding hydrogens is 501 g/mol. The van der Waals surface area contributed by atoms with E-state index in [1.807, 2.05) is 6.92 Å². The van der Waals surface area contributed by atoms with E-state index < -0.39 is 5.82 Å². The van der Waals surface area contributed by atoms with E-state index in [1.165, 1.54) is 6.20 Å². The second-order valence-corrected chi connectivity index (χ2v) is 9.73. The Kier molecular flexibility index (Phi) is 6.35. The molecule has 6 rings (SSSR count). The number of amides is 1. The normalized spacial score (nSPS) is 17.9. The third kappa shape index (κ3) is 4.65. The van der Waals surface area contributed by atoms with Crippen LogP contribution in [0.5, 0.6) is 5.88 Å². The van der Waals surface area contributed by atoms with Crippen LogP contribution < -0.4 is 26.4 Å². The maximum Gasteiger partial charge on any atom is 0.251 e. The standard InChI is InChI=1S/C28H28FN7O3/c1-14-20(12-32-27-25(14)31-7-8-39-27)19-11-22-21(24(30)23(19)29)13-33-28(36-22)35-16-5-3-15(4-6-16)26(37)34-17-9-18(10-17)38-2/h3-6,11-13,17-18,31H,7-10,30H2,1-2H3,(H,34,37)(H,33,35,36). The molecule has 1 aliphatic carbocycles. The number of methoxy groups -OCH3 is 1. The first kappa shape index (κ1) is 24.8. The van der Waals surface area contributed by atoms with E-state index in [0.29, 0.717) is 58.3 Å². The average molecular weight is 530 g/mol. The first-order valence-corrected chi connectivity index (χ1v) is 12.7. The number of nitrogens with two attached hydrogens (primary N) is 1. The lowest BCUT2D eigenvalue weighted by molar-refractivity contribution is 0.0176. The van der Waals surface area contributed by atoms with Crippen molar-refractivity contribution in [3.8, 4) is 17.0 Å². The number of benzene rings is 2. The monoisotopic (exact) mass is 529 g/mol. The quantitative estimate of drug-likeness (QED) is 0.271. The van der Waals surface area contributed by atoms with Gasteiger partial charge in [-0.15, -0.1) is 0 Å². The van der Waals surface area contributed by atoms with Gasteiger partial charge < -0.3 is 31.2 Å². The molecule has 2 aliphatic rings. The Morgan fingerprint density at radius 3 is 2.74 bits per heavy atom. The highest BCUT2D eigenvalue weighted by atomic mass is 19.1. The van der Waals surface area contributed by atoms with Crippen LogP contribution in [0.3, 0.4) is 0 Å². The lowest BCUT2D eigenvalue weighted by Crippen LogP contribution is -2.47. The highest BCUT2D eigenvalue weighted by molar-refractivity contribution is 5.96. The van der Waals surface area contributed by atoms with Crippen LogP contribution >= 0.6 is 0 Å². The van der Waals surface area contributed by atoms with Crippen LogP contribution in [-0.4, -0.2) is 53.3 Å². The SMILES string of the molecule is COC1CC(NC(=O)c2ccc(Nc3ncc4c(N)c(F)c(-c5cnc6c(c5C)NCCO6)cc4n3)cc2)C1. The van der Waals surface area contributed by atoms with Gasteiger partial charge in [0, 0.05) is 59.9 Å². The van der Waals surface area contributed by atoms with Gasteiger partial charge in [0.2, 0.25) is 11.8 Å². The summed E-state index contributed by atoms with van der Waals surface area (Å²) < 4.78 is 26.3. The predicted octanol–water partition coefficient (Wildman–Crippen LogP) is 4.18. The molecule has 0 radical (unpaired) electrons. The van der Waals surface area contributed by atoms with Gasteiger partial charge in [0.25, 0.3) is 5.91 Å². The third-order valence-electron chi connectivity index (χ3n) is 7.27. The van der Waals surface area contributed by atoms with E-state index in [-0.39, 0.29) is 23.7 Å². The summed E-state index contributed by atoms with van der Waals surface area (Å²) in [7, 11) is 1.68. The van der Waals surface area contributed by atoms with E-state index in [2.05, 4.69) is 30.9 Å². The molecular formula is C28H28FN7O3. The fraction of sp³-hybridized carbons (Fsp3) is 0.286. The number of hydrogen-bond donors (Lipinski definition) is 4. The number of halogens is 1. The summed E-state index contributed by atoms with van der Waals surface area (Å²) in [5.74, 6) is 0.132. The zero-order valence-corrected chi connectivity index (χ0v) is 21.5. The predicted molar refractivity (Wildman–Crippen MR) is 147 cm³/mol. The lowest BCUT2D eigenvalue weighted by Gasteiger charge is -2.34. The molecule has 0 bridgehead atoms. The van der Waals surface area contributed by atoms with Crippen molar-refractivity contribution in [2.24, 2.45) is 0 Å². The number of carbonyl (C=O) groups is 1. The molecule has 0 spiro atoms. The molecule has 3 heterocycles. The molecule has 1 fully saturated rings. The highest BCUT2D eigenvalue weighted by Crippen LogP contribution is 2.39. The van der Waals surface area contributed by atoms with Gasteiger partial charge in [-0.3, -0.25) is 4.79 Å². The van der Waals surface area contributed by atoms with Crippen LogP contribution in [0.25, 0.3) is 22.0 Å². The molecule has 1 saturated carbocycles. The molecule has 2 aromatic heterocycles. The van der Waals surface area contributed by atoms with Crippen molar-refractivity contribution in [2.45, 2.75) is 31.9 Å². The maximum absolute atomic E-state index is 15.4. The third-order valence-corrected chi connectivity index (χ3v) is 7.27. The summed E-state index contributed by atoms with van der Waals surface area (Å²) >= 11 is 0. The summed E-state index contributed by atoms with van der Waals surface area (Å²) in [5, 5.41) is 9.83. The molecule has 1 aliphatic heterocycles. The summed E-state index contributed by atoms with van der Waals surface area (Å²) in [6.07, 6.45) is 4.95. The van der Waals surface area contributed by atoms with Crippen molar-refractivity contribution in [3.05, 3.63) is 59.7 Å². The van der Waals surface area contributed by atoms with Crippen LogP contribution in [0.4, 0.5) is 27.4 Å². The van der Waals surface area contributed by atoms with Gasteiger partial charge in [-0.25, -0.2) is 19.3 Å². The minimum Gasteiger partial charge on any atom is -0.474 e. The Balaban J connectivity index is 1.24. The van der Waals surface area contributed by atoms with Gasteiger partial charge in [0.15, 0.2) is 5.82 Å². The fourth-order valence-corrected chi connectivity index (χ4v) is 4.90. The molecule has 39 heavy (non-hydrogen) atoms. The van der Waals surface area contributed by atoms with Gasteiger partial charge in [0.1, 0.15) is 12.3 Å². The van der Waals surface area contributed by atoms with E-state index in [9.17, 15) is 4.79 Å². The number of fused-ring (bicyclic) bond motifs is 2. The number of nitrogen functional groups attached to an aromatic ring is 1. The first-order chi connectivity index (χ1) is 18.9. The fourth-order valence-electron chi connectivity index (χ4n) is 4.90. The number of hydrogen-bond acceptors (Lipinski definition) is 9. The van der Waals surface area contributed by atoms with Crippen molar-refractivity contribution in [1.29, 1.82) is 0 Å². The molecule has 2 aromatic carbocycles. The van der Waals surface area contributed by atoms with Crippen LogP contribution in [0, 0.1) is 12.7 Å². The van der Waals surface area contributed by atoms with Crippen molar-refractivity contribution in [2.75, 3.05) is 36.6 Å². The van der Waals surface area contributed by atoms with Gasteiger partial charge in [-0.2, -0.15) is 0 Å². The first-order valence-electron chi connectivity index (χ1n) is 12.7. The number of pyridine rings is 1. The molecule has 1 amide bonds. The summed E-state index contributed by atoms with van der Waals surface area (Å²) in [6, 6.07) is 8.82. The lowest BCUT2D eigenvalue weighted by atomic mass is 9.89. The van der Waals surface area contributed by atoms with E-state index in [4.69, 9.17) is 15.2 Å². The largest absolute Gasteiger partial charge is 0.474 e. The Morgan fingerprint density at radius 2 is 1.97 bits per heavy atom. The van der Waals surface area contributed by atoms with E-state index >= 15 is 4.39 Å². The van der Waals surface area contributed by atoms with Crippen molar-refractivity contribution in [3.63, 3.8) is 0 Å². The molecule has 4 aromatic rings. The minimum absolute atomic E-state index is 0.0333. The molecule has 10 nitrogen and oxygen atoms in total. The van der Waals surface area contributed by atoms with E-state index in [0.717, 1.165) is 24.1 Å². The topological polar surface area (TPSA) is 136 Å². The van der Waals surface area contributed by atoms with Crippen molar-refractivity contribution < 1.29 is 18.7 Å². The van der Waals surface area contributed by atoms with Crippen LogP contribution in [0.2, 0.25) is 0 Å². The van der Waals surface area contributed by atoms with Crippen LogP contribution in [-0.2, 0) is 4.74 Å². The number of aromatic nitrogens is 3. The Morgan fingerprint density at radius 1 is 1.18 bits per heavy atom. The smallest absolute Gasteiger partial charge is 0.251 e. The molecule has 11 heteroatoms. The molecule has 0 unspecified atom stereocenters. The molecule has 5 N–H and O–H groups in total. The number of anilines is 4. The number of ether oxygens (including phenoxy) is 2. The molecule has 0 atom stereocenters. The zero-order valence-electron chi connectivity index (χ0n) is 21.5. The summed E-state index contributed by atoms with van der Waals surface area (Å²) in [5.41, 5.74) is 10.3. The number of nitrogens with one attached hydrogen (secondary N) is 3. The maximum atomic E-state index is 15.4. The minimum atomic E-state index is -0.554. The van der Waals surface area contributed by atoms with E-state index in [1.54, 1.807) is 43.6 Å². The Bertz CT molecular complexity index is 1570. The van der Waals surface area contributed by atoms with Gasteiger partial charge in [-0.05, 0) is 55.7 Å². The number of nitrogens with zero attached hydrogens (tertiary/aromatic N) is 3. The Hall–Kier alpha value is -4.51. The molecule has 200 valence electrons. The number of rotatable bonds is 6. The summed E-state index contributed by atoms with van der Waals surface area (Å²) in [4.78, 5) is 25.8. The van der Waals surface area contributed by atoms with Gasteiger partial charge in [0.05, 0.1) is 17.3 Å². The number of carbonyl (C=O) groups excluding carboxylic acids is 1. The Labute approximate surface area is 224 Å². The second-order valence-electron chi connectivity index (χ2n) is 9.73. The average Bonchev–Trinajstić information content (AvgIpc) is 2.93. The highest BCUT2D eigenvalue weighted by Gasteiger charge is 2.30. The van der Waals surface area contributed by atoms with Crippen molar-refractivity contribution >= 4 is 39.8 Å². The second kappa shape index (κ2) is 9.99. The van der Waals surface area contributed by atoms with Crippen molar-refractivity contribution in [1.82, 2.24) is 20.3 Å². The van der Waals surface area contributed by atoms with Crippen LogP contribution in [0.15, 0.2) is 42.7 Å². The van der Waals surface area contributed by atoms with Gasteiger partial charge in [-0.1, -0.05) is 0 Å². The van der Waals surface area contributed by atoms with Gasteiger partial charge >= 0.3 is 0 Å².